The van der Waals surface area contributed by atoms with Crippen molar-refractivity contribution in [3.05, 3.63) is 52.7 Å². The molecule has 1 aromatic carbocycles. The van der Waals surface area contributed by atoms with Crippen LogP contribution in [0.15, 0.2) is 41.6 Å². The number of methoxy groups -OCH3 is 2. The number of aromatic nitrogens is 3. The number of pyridine rings is 1. The highest BCUT2D eigenvalue weighted by molar-refractivity contribution is 5.81. The Morgan fingerprint density at radius 1 is 1.11 bits per heavy atom. The van der Waals surface area contributed by atoms with E-state index in [0.717, 1.165) is 30.4 Å². The van der Waals surface area contributed by atoms with Gasteiger partial charge < -0.3 is 19.7 Å². The molecule has 0 spiro atoms. The van der Waals surface area contributed by atoms with Crippen LogP contribution >= 0.6 is 0 Å². The van der Waals surface area contributed by atoms with Gasteiger partial charge in [0.25, 0.3) is 5.56 Å². The van der Waals surface area contributed by atoms with Crippen LogP contribution in [0.5, 0.6) is 11.5 Å². The number of carbonyl (C=O) groups is 1. The van der Waals surface area contributed by atoms with E-state index < -0.39 is 0 Å². The minimum atomic E-state index is -0.175. The van der Waals surface area contributed by atoms with Crippen LogP contribution in [0.3, 0.4) is 0 Å². The number of anilines is 1. The van der Waals surface area contributed by atoms with E-state index in [1.54, 1.807) is 12.1 Å². The van der Waals surface area contributed by atoms with Crippen LogP contribution in [0.25, 0.3) is 10.9 Å². The van der Waals surface area contributed by atoms with Gasteiger partial charge in [-0.15, -0.1) is 0 Å². The van der Waals surface area contributed by atoms with Gasteiger partial charge in [-0.1, -0.05) is 13.0 Å². The molecule has 0 aliphatic carbocycles. The van der Waals surface area contributed by atoms with Crippen LogP contribution in [0.2, 0.25) is 0 Å². The van der Waals surface area contributed by atoms with Crippen LogP contribution in [0.1, 0.15) is 38.2 Å². The highest BCUT2D eigenvalue weighted by atomic mass is 16.5. The van der Waals surface area contributed by atoms with Gasteiger partial charge in [-0.05, 0) is 42.9 Å². The van der Waals surface area contributed by atoms with E-state index in [4.69, 9.17) is 9.47 Å². The maximum Gasteiger partial charge on any atom is 0.261 e. The molecule has 0 atom stereocenters. The molecule has 4 rings (SSSR count). The molecular formula is C26H33N5O4. The lowest BCUT2D eigenvalue weighted by atomic mass is 9.99. The van der Waals surface area contributed by atoms with Crippen molar-refractivity contribution >= 4 is 22.6 Å². The van der Waals surface area contributed by atoms with E-state index in [1.165, 1.54) is 38.0 Å². The molecule has 3 heterocycles. The zero-order valence-corrected chi connectivity index (χ0v) is 20.6. The first kappa shape index (κ1) is 24.5. The minimum Gasteiger partial charge on any atom is -0.493 e. The third-order valence-corrected chi connectivity index (χ3v) is 6.54. The molecule has 0 bridgehead atoms. The number of piperidine rings is 1. The van der Waals surface area contributed by atoms with Gasteiger partial charge in [0.05, 0.1) is 31.4 Å². The molecule has 9 nitrogen and oxygen atoms in total. The number of hydrogen-bond acceptors (Lipinski definition) is 7. The Morgan fingerprint density at radius 3 is 2.54 bits per heavy atom. The molecule has 9 heteroatoms. The molecule has 35 heavy (non-hydrogen) atoms. The zero-order valence-electron chi connectivity index (χ0n) is 20.6. The van der Waals surface area contributed by atoms with Crippen LogP contribution in [-0.4, -0.2) is 47.8 Å². The van der Waals surface area contributed by atoms with E-state index >= 15 is 0 Å². The third-order valence-electron chi connectivity index (χ3n) is 6.54. The van der Waals surface area contributed by atoms with Crippen LogP contribution in [0, 0.1) is 5.92 Å². The molecule has 0 unspecified atom stereocenters. The maximum atomic E-state index is 12.9. The number of rotatable bonds is 9. The fourth-order valence-electron chi connectivity index (χ4n) is 4.29. The Labute approximate surface area is 205 Å². The van der Waals surface area contributed by atoms with Crippen molar-refractivity contribution < 1.29 is 14.3 Å². The molecular weight excluding hydrogens is 446 g/mol. The number of nitrogens with one attached hydrogen (secondary N) is 1. The summed E-state index contributed by atoms with van der Waals surface area (Å²) in [4.78, 5) is 36.4. The Balaban J connectivity index is 1.27. The topological polar surface area (TPSA) is 98.6 Å². The van der Waals surface area contributed by atoms with Crippen LogP contribution in [-0.2, 0) is 17.9 Å². The lowest BCUT2D eigenvalue weighted by Gasteiger charge is -2.31. The second-order valence-corrected chi connectivity index (χ2v) is 9.04. The number of benzene rings is 1. The summed E-state index contributed by atoms with van der Waals surface area (Å²) in [6.07, 6.45) is 6.57. The Kier molecular flexibility index (Phi) is 7.84. The summed E-state index contributed by atoms with van der Waals surface area (Å²) >= 11 is 0. The first-order valence-electron chi connectivity index (χ1n) is 12.1. The number of fused-ring (bicyclic) bond motifs is 1. The number of ether oxygens (including phenoxy) is 2. The summed E-state index contributed by atoms with van der Waals surface area (Å²) in [6.45, 7) is 5.21. The second-order valence-electron chi connectivity index (χ2n) is 9.04. The van der Waals surface area contributed by atoms with Gasteiger partial charge in [-0.2, -0.15) is 0 Å². The standard InChI is InChI=1S/C26H33N5O4/c1-18-8-11-30(12-9-18)24-7-6-19(15-27-24)16-28-25(32)5-4-10-31-17-29-21-14-23(35-3)22(34-2)13-20(21)26(31)33/h6-7,13-15,17-18H,4-5,8-12,16H2,1-3H3,(H,28,32). The largest absolute Gasteiger partial charge is 0.493 e. The Hall–Kier alpha value is -3.62. The Morgan fingerprint density at radius 2 is 1.86 bits per heavy atom. The smallest absolute Gasteiger partial charge is 0.261 e. The number of aryl methyl sites for hydroxylation is 1. The molecule has 1 aliphatic rings. The van der Waals surface area contributed by atoms with Crippen molar-refractivity contribution in [2.45, 2.75) is 45.7 Å². The minimum absolute atomic E-state index is 0.0627. The lowest BCUT2D eigenvalue weighted by Crippen LogP contribution is -2.33. The van der Waals surface area contributed by atoms with Gasteiger partial charge in [-0.25, -0.2) is 9.97 Å². The molecule has 1 aliphatic heterocycles. The summed E-state index contributed by atoms with van der Waals surface area (Å²) in [5, 5.41) is 3.38. The van der Waals surface area contributed by atoms with Crippen molar-refractivity contribution in [3.8, 4) is 11.5 Å². The molecule has 3 aromatic rings. The number of nitrogens with zero attached hydrogens (tertiary/aromatic N) is 4. The predicted molar refractivity (Wildman–Crippen MR) is 135 cm³/mol. The van der Waals surface area contributed by atoms with Crippen LogP contribution in [0.4, 0.5) is 5.82 Å². The third kappa shape index (κ3) is 5.90. The lowest BCUT2D eigenvalue weighted by molar-refractivity contribution is -0.121. The molecule has 1 N–H and O–H groups in total. The number of hydrogen-bond donors (Lipinski definition) is 1. The van der Waals surface area contributed by atoms with E-state index in [-0.39, 0.29) is 11.5 Å². The van der Waals surface area contributed by atoms with Crippen molar-refractivity contribution in [3.63, 3.8) is 0 Å². The second kappa shape index (κ2) is 11.2. The zero-order chi connectivity index (χ0) is 24.8. The summed E-state index contributed by atoms with van der Waals surface area (Å²) in [5.74, 6) is 2.71. The predicted octanol–water partition coefficient (Wildman–Crippen LogP) is 3.14. The van der Waals surface area contributed by atoms with Gasteiger partial charge in [0.2, 0.25) is 5.91 Å². The average Bonchev–Trinajstić information content (AvgIpc) is 2.89. The van der Waals surface area contributed by atoms with E-state index in [1.807, 2.05) is 18.3 Å². The van der Waals surface area contributed by atoms with Gasteiger partial charge >= 0.3 is 0 Å². The molecule has 1 saturated heterocycles. The van der Waals surface area contributed by atoms with Crippen molar-refractivity contribution in [2.75, 3.05) is 32.2 Å². The summed E-state index contributed by atoms with van der Waals surface area (Å²) < 4.78 is 12.1. The van der Waals surface area contributed by atoms with E-state index in [2.05, 4.69) is 27.1 Å². The number of carbonyl (C=O) groups excluding carboxylic acids is 1. The average molecular weight is 480 g/mol. The SMILES string of the molecule is COc1cc2ncn(CCCC(=O)NCc3ccc(N4CCC(C)CC4)nc3)c(=O)c2cc1OC. The van der Waals surface area contributed by atoms with Gasteiger partial charge in [0.15, 0.2) is 11.5 Å². The highest BCUT2D eigenvalue weighted by Gasteiger charge is 2.17. The first-order chi connectivity index (χ1) is 17.0. The normalized spacial score (nSPS) is 14.2. The van der Waals surface area contributed by atoms with Crippen molar-refractivity contribution in [2.24, 2.45) is 5.92 Å². The monoisotopic (exact) mass is 479 g/mol. The van der Waals surface area contributed by atoms with Crippen molar-refractivity contribution in [1.29, 1.82) is 0 Å². The molecule has 186 valence electrons. The summed E-state index contributed by atoms with van der Waals surface area (Å²) in [6, 6.07) is 7.37. The Bertz CT molecular complexity index is 1220. The molecule has 2 aromatic heterocycles. The molecule has 1 amide bonds. The van der Waals surface area contributed by atoms with Gasteiger partial charge in [0.1, 0.15) is 5.82 Å². The van der Waals surface area contributed by atoms with Gasteiger partial charge in [0, 0.05) is 44.9 Å². The molecule has 0 saturated carbocycles. The quantitative estimate of drug-likeness (QED) is 0.503. The fourth-order valence-corrected chi connectivity index (χ4v) is 4.29. The molecule has 1 fully saturated rings. The number of amides is 1. The summed E-state index contributed by atoms with van der Waals surface area (Å²) in [7, 11) is 3.06. The van der Waals surface area contributed by atoms with Gasteiger partial charge in [-0.3, -0.25) is 14.2 Å². The summed E-state index contributed by atoms with van der Waals surface area (Å²) in [5.41, 5.74) is 1.33. The van der Waals surface area contributed by atoms with E-state index in [0.29, 0.717) is 48.3 Å². The van der Waals surface area contributed by atoms with Crippen molar-refractivity contribution in [1.82, 2.24) is 19.9 Å². The maximum absolute atomic E-state index is 12.9. The molecule has 0 radical (unpaired) electrons. The first-order valence-corrected chi connectivity index (χ1v) is 12.1. The van der Waals surface area contributed by atoms with Crippen LogP contribution < -0.4 is 25.2 Å². The fraction of sp³-hybridized carbons (Fsp3) is 0.462. The highest BCUT2D eigenvalue weighted by Crippen LogP contribution is 2.29. The van der Waals surface area contributed by atoms with E-state index in [9.17, 15) is 9.59 Å².